The summed E-state index contributed by atoms with van der Waals surface area (Å²) in [6.45, 7) is 2.50. The molecule has 2 N–H and O–H groups in total. The second-order valence-electron chi connectivity index (χ2n) is 5.20. The molecule has 0 atom stereocenters. The van der Waals surface area contributed by atoms with Crippen molar-refractivity contribution in [1.82, 2.24) is 9.80 Å². The summed E-state index contributed by atoms with van der Waals surface area (Å²) in [6.07, 6.45) is -0.910. The Hall–Kier alpha value is -2.28. The molecule has 0 spiro atoms. The van der Waals surface area contributed by atoms with Crippen LogP contribution < -0.4 is 4.74 Å². The van der Waals surface area contributed by atoms with Crippen molar-refractivity contribution < 1.29 is 24.5 Å². The number of nitrogens with zero attached hydrogens (tertiary/aromatic N) is 2. The Morgan fingerprint density at radius 1 is 1.24 bits per heavy atom. The third-order valence-corrected chi connectivity index (χ3v) is 3.91. The first-order valence-corrected chi connectivity index (χ1v) is 6.77. The van der Waals surface area contributed by atoms with Crippen molar-refractivity contribution in [3.05, 3.63) is 23.3 Å². The maximum absolute atomic E-state index is 11.6. The Kier molecular flexibility index (Phi) is 3.42. The highest BCUT2D eigenvalue weighted by molar-refractivity contribution is 6.02. The molecule has 7 nitrogen and oxygen atoms in total. The number of benzene rings is 1. The van der Waals surface area contributed by atoms with Gasteiger partial charge in [0.25, 0.3) is 0 Å². The van der Waals surface area contributed by atoms with Crippen molar-refractivity contribution in [3.63, 3.8) is 0 Å². The molecule has 7 heteroatoms. The summed E-state index contributed by atoms with van der Waals surface area (Å²) in [5, 5.41) is 18.9. The van der Waals surface area contributed by atoms with Gasteiger partial charge in [0, 0.05) is 32.7 Å². The predicted molar refractivity (Wildman–Crippen MR) is 72.8 cm³/mol. The molecule has 1 aromatic carbocycles. The van der Waals surface area contributed by atoms with Crippen molar-refractivity contribution in [3.8, 4) is 11.5 Å². The van der Waals surface area contributed by atoms with Crippen LogP contribution in [-0.4, -0.2) is 64.7 Å². The molecule has 2 heterocycles. The third-order valence-electron chi connectivity index (χ3n) is 3.91. The number of carbonyl (C=O) groups is 2. The van der Waals surface area contributed by atoms with Crippen molar-refractivity contribution in [2.45, 2.75) is 6.54 Å². The second-order valence-corrected chi connectivity index (χ2v) is 5.20. The Balaban J connectivity index is 1.75. The highest BCUT2D eigenvalue weighted by Crippen LogP contribution is 2.36. The maximum Gasteiger partial charge on any atom is 0.407 e. The fraction of sp³-hybridized carbons (Fsp3) is 0.429. The molecule has 1 aromatic rings. The summed E-state index contributed by atoms with van der Waals surface area (Å²) < 4.78 is 5.38. The number of piperazine rings is 1. The summed E-state index contributed by atoms with van der Waals surface area (Å²) in [5.74, 6) is 0.478. The van der Waals surface area contributed by atoms with Gasteiger partial charge < -0.3 is 19.8 Å². The lowest BCUT2D eigenvalue weighted by atomic mass is 10.1. The smallest absolute Gasteiger partial charge is 0.407 e. The molecule has 0 saturated carbocycles. The van der Waals surface area contributed by atoms with Crippen molar-refractivity contribution >= 4 is 11.9 Å². The van der Waals surface area contributed by atoms with Crippen LogP contribution in [0.2, 0.25) is 0 Å². The van der Waals surface area contributed by atoms with E-state index in [-0.39, 0.29) is 18.1 Å². The number of phenols is 1. The molecule has 0 unspecified atom stereocenters. The average molecular weight is 292 g/mol. The van der Waals surface area contributed by atoms with Crippen LogP contribution in [0.25, 0.3) is 0 Å². The van der Waals surface area contributed by atoms with Gasteiger partial charge in [0.1, 0.15) is 11.5 Å². The van der Waals surface area contributed by atoms with E-state index in [1.165, 1.54) is 11.0 Å². The van der Waals surface area contributed by atoms with Gasteiger partial charge in [-0.3, -0.25) is 9.69 Å². The third kappa shape index (κ3) is 2.52. The van der Waals surface area contributed by atoms with E-state index in [2.05, 4.69) is 0 Å². The van der Waals surface area contributed by atoms with Gasteiger partial charge in [-0.15, -0.1) is 0 Å². The Morgan fingerprint density at radius 3 is 2.62 bits per heavy atom. The lowest BCUT2D eigenvalue weighted by molar-refractivity contribution is 0.0960. The van der Waals surface area contributed by atoms with Crippen molar-refractivity contribution in [1.29, 1.82) is 0 Å². The number of rotatable bonds is 2. The fourth-order valence-corrected chi connectivity index (χ4v) is 2.69. The molecule has 2 aliphatic rings. The topological polar surface area (TPSA) is 90.3 Å². The number of ketones is 1. The van der Waals surface area contributed by atoms with E-state index in [0.29, 0.717) is 49.6 Å². The van der Waals surface area contributed by atoms with Gasteiger partial charge in [-0.25, -0.2) is 4.79 Å². The molecule has 0 bridgehead atoms. The minimum Gasteiger partial charge on any atom is -0.507 e. The summed E-state index contributed by atoms with van der Waals surface area (Å²) in [6, 6.07) is 3.08. The van der Waals surface area contributed by atoms with Crippen molar-refractivity contribution in [2.75, 3.05) is 32.8 Å². The number of ether oxygens (including phenoxy) is 1. The van der Waals surface area contributed by atoms with Crippen LogP contribution in [0, 0.1) is 0 Å². The van der Waals surface area contributed by atoms with Gasteiger partial charge >= 0.3 is 6.09 Å². The highest BCUT2D eigenvalue weighted by Gasteiger charge is 2.28. The first kappa shape index (κ1) is 13.7. The van der Waals surface area contributed by atoms with Gasteiger partial charge in [0.05, 0.1) is 11.1 Å². The zero-order valence-electron chi connectivity index (χ0n) is 11.4. The molecule has 0 aliphatic carbocycles. The number of carboxylic acid groups (broad SMARTS) is 1. The maximum atomic E-state index is 11.6. The van der Waals surface area contributed by atoms with E-state index >= 15 is 0 Å². The molecule has 0 radical (unpaired) electrons. The van der Waals surface area contributed by atoms with E-state index in [9.17, 15) is 14.7 Å². The molecule has 1 fully saturated rings. The Bertz CT molecular complexity index is 593. The van der Waals surface area contributed by atoms with Crippen LogP contribution >= 0.6 is 0 Å². The normalized spacial score (nSPS) is 18.5. The van der Waals surface area contributed by atoms with E-state index < -0.39 is 6.09 Å². The van der Waals surface area contributed by atoms with E-state index in [4.69, 9.17) is 9.84 Å². The Labute approximate surface area is 121 Å². The number of Topliss-reactive ketones (excluding diaryl/α,β-unsaturated/α-hetero) is 1. The molecule has 112 valence electrons. The van der Waals surface area contributed by atoms with Crippen LogP contribution in [-0.2, 0) is 6.54 Å². The van der Waals surface area contributed by atoms with Gasteiger partial charge in [0.2, 0.25) is 5.78 Å². The summed E-state index contributed by atoms with van der Waals surface area (Å²) >= 11 is 0. The lowest BCUT2D eigenvalue weighted by Crippen LogP contribution is -2.47. The molecular formula is C14H16N2O5. The minimum atomic E-state index is -0.910. The minimum absolute atomic E-state index is 0.0125. The first-order valence-electron chi connectivity index (χ1n) is 6.77. The summed E-state index contributed by atoms with van der Waals surface area (Å²) in [4.78, 5) is 25.9. The van der Waals surface area contributed by atoms with Gasteiger partial charge in [-0.1, -0.05) is 0 Å². The quantitative estimate of drug-likeness (QED) is 0.836. The van der Waals surface area contributed by atoms with Gasteiger partial charge in [0.15, 0.2) is 6.61 Å². The van der Waals surface area contributed by atoms with E-state index in [1.807, 2.05) is 4.90 Å². The summed E-state index contributed by atoms with van der Waals surface area (Å²) in [5.41, 5.74) is 1.11. The van der Waals surface area contributed by atoms with E-state index in [0.717, 1.165) is 0 Å². The number of fused-ring (bicyclic) bond motifs is 1. The number of hydrogen-bond donors (Lipinski definition) is 2. The largest absolute Gasteiger partial charge is 0.507 e. The van der Waals surface area contributed by atoms with Crippen molar-refractivity contribution in [2.24, 2.45) is 0 Å². The number of aromatic hydroxyl groups is 1. The van der Waals surface area contributed by atoms with Gasteiger partial charge in [-0.05, 0) is 12.1 Å². The number of amides is 1. The predicted octanol–water partition coefficient (Wildman–Crippen LogP) is 0.763. The SMILES string of the molecule is O=C1COc2c1ccc(O)c2CN1CCN(C(=O)O)CC1. The molecule has 1 amide bonds. The summed E-state index contributed by atoms with van der Waals surface area (Å²) in [7, 11) is 0. The lowest BCUT2D eigenvalue weighted by Gasteiger charge is -2.33. The van der Waals surface area contributed by atoms with E-state index in [1.54, 1.807) is 6.07 Å². The molecule has 21 heavy (non-hydrogen) atoms. The monoisotopic (exact) mass is 292 g/mol. The van der Waals surface area contributed by atoms with Crippen LogP contribution in [0.15, 0.2) is 12.1 Å². The average Bonchev–Trinajstić information content (AvgIpc) is 2.84. The first-order chi connectivity index (χ1) is 10.1. The highest BCUT2D eigenvalue weighted by atomic mass is 16.5. The van der Waals surface area contributed by atoms with Gasteiger partial charge in [-0.2, -0.15) is 0 Å². The molecule has 2 aliphatic heterocycles. The zero-order valence-corrected chi connectivity index (χ0v) is 11.4. The van der Waals surface area contributed by atoms with Crippen LogP contribution in [0.3, 0.4) is 0 Å². The van der Waals surface area contributed by atoms with Crippen LogP contribution in [0.4, 0.5) is 4.79 Å². The zero-order chi connectivity index (χ0) is 15.0. The standard InChI is InChI=1S/C14H16N2O5/c17-11-2-1-9-12(18)8-21-13(9)10(11)7-15-3-5-16(6-4-15)14(19)20/h1-2,17H,3-8H2,(H,19,20). The fourth-order valence-electron chi connectivity index (χ4n) is 2.69. The molecule has 0 aromatic heterocycles. The number of phenolic OH excluding ortho intramolecular Hbond substituents is 1. The second kappa shape index (κ2) is 5.25. The Morgan fingerprint density at radius 2 is 1.95 bits per heavy atom. The van der Waals surface area contributed by atoms with Crippen LogP contribution in [0.5, 0.6) is 11.5 Å². The number of hydrogen-bond acceptors (Lipinski definition) is 5. The van der Waals surface area contributed by atoms with Crippen LogP contribution in [0.1, 0.15) is 15.9 Å². The molecule has 1 saturated heterocycles. The number of carbonyl (C=O) groups excluding carboxylic acids is 1. The molecule has 3 rings (SSSR count). The molecular weight excluding hydrogens is 276 g/mol.